The normalized spacial score (nSPS) is 10.8. The van der Waals surface area contributed by atoms with Crippen molar-refractivity contribution in [2.24, 2.45) is 0 Å². The summed E-state index contributed by atoms with van der Waals surface area (Å²) in [6.07, 6.45) is 0. The molecule has 2 aromatic rings. The lowest BCUT2D eigenvalue weighted by molar-refractivity contribution is 0.434. The second-order valence-corrected chi connectivity index (χ2v) is 3.72. The van der Waals surface area contributed by atoms with Gasteiger partial charge in [0.25, 0.3) is 0 Å². The van der Waals surface area contributed by atoms with E-state index in [4.69, 9.17) is 10.8 Å². The number of hydrogen-bond acceptors (Lipinski definition) is 5. The van der Waals surface area contributed by atoms with E-state index in [1.165, 1.54) is 11.3 Å². The van der Waals surface area contributed by atoms with Gasteiger partial charge in [-0.05, 0) is 13.0 Å². The van der Waals surface area contributed by atoms with Gasteiger partial charge in [0.05, 0.1) is 5.39 Å². The molecule has 0 unspecified atom stereocenters. The van der Waals surface area contributed by atoms with Crippen LogP contribution >= 0.6 is 11.3 Å². The maximum atomic E-state index is 9.02. The SMILES string of the molecule is Cc1cc2c(N)nc(O)nc2s1. The van der Waals surface area contributed by atoms with Crippen LogP contribution in [0.1, 0.15) is 4.88 Å². The van der Waals surface area contributed by atoms with Gasteiger partial charge >= 0.3 is 6.01 Å². The first-order valence-corrected chi connectivity index (χ1v) is 4.21. The second-order valence-electron chi connectivity index (χ2n) is 2.48. The number of hydrogen-bond donors (Lipinski definition) is 2. The molecule has 3 N–H and O–H groups in total. The van der Waals surface area contributed by atoms with Crippen LogP contribution in [0.5, 0.6) is 6.01 Å². The largest absolute Gasteiger partial charge is 0.479 e. The summed E-state index contributed by atoms with van der Waals surface area (Å²) < 4.78 is 0. The molecule has 0 saturated carbocycles. The van der Waals surface area contributed by atoms with E-state index in [1.807, 2.05) is 13.0 Å². The van der Waals surface area contributed by atoms with E-state index in [9.17, 15) is 0 Å². The number of aromatic nitrogens is 2. The van der Waals surface area contributed by atoms with Gasteiger partial charge in [0.2, 0.25) is 0 Å². The van der Waals surface area contributed by atoms with Crippen LogP contribution in [-0.4, -0.2) is 15.1 Å². The zero-order chi connectivity index (χ0) is 8.72. The maximum Gasteiger partial charge on any atom is 0.317 e. The first-order chi connectivity index (χ1) is 5.66. The average Bonchev–Trinajstić information content (AvgIpc) is 2.29. The van der Waals surface area contributed by atoms with E-state index in [0.717, 1.165) is 15.1 Å². The Kier molecular flexibility index (Phi) is 1.41. The molecule has 2 rings (SSSR count). The number of aromatic hydroxyl groups is 1. The van der Waals surface area contributed by atoms with Gasteiger partial charge in [-0.3, -0.25) is 0 Å². The summed E-state index contributed by atoms with van der Waals surface area (Å²) in [4.78, 5) is 9.33. The molecule has 0 aliphatic heterocycles. The third-order valence-corrected chi connectivity index (χ3v) is 2.48. The summed E-state index contributed by atoms with van der Waals surface area (Å²) in [5.74, 6) is 0.335. The molecule has 0 bridgehead atoms. The number of nitrogen functional groups attached to an aromatic ring is 1. The molecule has 4 nitrogen and oxygen atoms in total. The summed E-state index contributed by atoms with van der Waals surface area (Å²) in [6.45, 7) is 1.96. The predicted octanol–water partition coefficient (Wildman–Crippen LogP) is 1.29. The molecule has 2 aromatic heterocycles. The number of aryl methyl sites for hydroxylation is 1. The zero-order valence-electron chi connectivity index (χ0n) is 6.40. The van der Waals surface area contributed by atoms with Crippen LogP contribution in [0.25, 0.3) is 10.2 Å². The van der Waals surface area contributed by atoms with Crippen molar-refractivity contribution in [3.63, 3.8) is 0 Å². The highest BCUT2D eigenvalue weighted by Gasteiger charge is 2.06. The van der Waals surface area contributed by atoms with Crippen LogP contribution in [0, 0.1) is 6.92 Å². The summed E-state index contributed by atoms with van der Waals surface area (Å²) in [5.41, 5.74) is 5.57. The lowest BCUT2D eigenvalue weighted by Crippen LogP contribution is -1.91. The monoisotopic (exact) mass is 181 g/mol. The zero-order valence-corrected chi connectivity index (χ0v) is 7.22. The van der Waals surface area contributed by atoms with Crippen LogP contribution in [0.2, 0.25) is 0 Å². The Morgan fingerprint density at radius 2 is 2.25 bits per heavy atom. The van der Waals surface area contributed by atoms with Crippen LogP contribution < -0.4 is 5.73 Å². The van der Waals surface area contributed by atoms with Crippen molar-refractivity contribution in [2.75, 3.05) is 5.73 Å². The van der Waals surface area contributed by atoms with Crippen LogP contribution in [0.4, 0.5) is 5.82 Å². The minimum absolute atomic E-state index is 0.262. The predicted molar refractivity (Wildman–Crippen MR) is 48.2 cm³/mol. The molecule has 0 saturated heterocycles. The molecular formula is C7H7N3OS. The highest BCUT2D eigenvalue weighted by atomic mass is 32.1. The number of nitrogens with zero attached hydrogens (tertiary/aromatic N) is 2. The standard InChI is InChI=1S/C7H7N3OS/c1-3-2-4-5(8)9-7(11)10-6(4)12-3/h2H,1H3,(H3,8,9,10,11). The molecule has 0 radical (unpaired) electrons. The lowest BCUT2D eigenvalue weighted by Gasteiger charge is -1.93. The van der Waals surface area contributed by atoms with E-state index >= 15 is 0 Å². The van der Waals surface area contributed by atoms with Gasteiger partial charge in [0.1, 0.15) is 10.6 Å². The maximum absolute atomic E-state index is 9.02. The molecule has 62 valence electrons. The highest BCUT2D eigenvalue weighted by molar-refractivity contribution is 7.18. The topological polar surface area (TPSA) is 72.0 Å². The van der Waals surface area contributed by atoms with Gasteiger partial charge < -0.3 is 10.8 Å². The molecule has 0 atom stereocenters. The van der Waals surface area contributed by atoms with Crippen molar-refractivity contribution in [1.82, 2.24) is 9.97 Å². The number of fused-ring (bicyclic) bond motifs is 1. The van der Waals surface area contributed by atoms with E-state index in [1.54, 1.807) is 0 Å². The Hall–Kier alpha value is -1.36. The van der Waals surface area contributed by atoms with Gasteiger partial charge in [0.15, 0.2) is 0 Å². The van der Waals surface area contributed by atoms with Gasteiger partial charge in [-0.2, -0.15) is 9.97 Å². The molecule has 2 heterocycles. The molecule has 0 aromatic carbocycles. The van der Waals surface area contributed by atoms with E-state index in [-0.39, 0.29) is 6.01 Å². The van der Waals surface area contributed by atoms with Crippen molar-refractivity contribution in [1.29, 1.82) is 0 Å². The van der Waals surface area contributed by atoms with Crippen LogP contribution in [0.3, 0.4) is 0 Å². The average molecular weight is 181 g/mol. The Labute approximate surface area is 72.7 Å². The number of nitrogens with two attached hydrogens (primary N) is 1. The van der Waals surface area contributed by atoms with Gasteiger partial charge in [0, 0.05) is 4.88 Å². The fourth-order valence-corrected chi connectivity index (χ4v) is 1.93. The molecule has 0 aliphatic carbocycles. The van der Waals surface area contributed by atoms with E-state index in [2.05, 4.69) is 9.97 Å². The molecule has 12 heavy (non-hydrogen) atoms. The summed E-state index contributed by atoms with van der Waals surface area (Å²) in [6, 6.07) is 1.65. The van der Waals surface area contributed by atoms with Crippen LogP contribution in [0.15, 0.2) is 6.07 Å². The Balaban J connectivity index is 2.88. The van der Waals surface area contributed by atoms with E-state index < -0.39 is 0 Å². The third-order valence-electron chi connectivity index (χ3n) is 1.53. The summed E-state index contributed by atoms with van der Waals surface area (Å²) in [7, 11) is 0. The number of anilines is 1. The fourth-order valence-electron chi connectivity index (χ4n) is 1.05. The van der Waals surface area contributed by atoms with Crippen molar-refractivity contribution >= 4 is 27.4 Å². The third kappa shape index (κ3) is 0.984. The van der Waals surface area contributed by atoms with Crippen LogP contribution in [-0.2, 0) is 0 Å². The second kappa shape index (κ2) is 2.31. The minimum atomic E-state index is -0.262. The van der Waals surface area contributed by atoms with Gasteiger partial charge in [-0.15, -0.1) is 11.3 Å². The van der Waals surface area contributed by atoms with Gasteiger partial charge in [-0.25, -0.2) is 0 Å². The molecule has 0 aliphatic rings. The van der Waals surface area contributed by atoms with Crippen molar-refractivity contribution in [3.8, 4) is 6.01 Å². The first-order valence-electron chi connectivity index (χ1n) is 3.39. The first kappa shape index (κ1) is 7.30. The smallest absolute Gasteiger partial charge is 0.317 e. The Morgan fingerprint density at radius 1 is 1.50 bits per heavy atom. The molecule has 0 spiro atoms. The summed E-state index contributed by atoms with van der Waals surface area (Å²) >= 11 is 1.49. The Morgan fingerprint density at radius 3 is 3.00 bits per heavy atom. The van der Waals surface area contributed by atoms with Crippen molar-refractivity contribution < 1.29 is 5.11 Å². The highest BCUT2D eigenvalue weighted by Crippen LogP contribution is 2.27. The molecule has 5 heteroatoms. The quantitative estimate of drug-likeness (QED) is 0.642. The molecule has 0 amide bonds. The molecule has 0 fully saturated rings. The van der Waals surface area contributed by atoms with E-state index in [0.29, 0.717) is 5.82 Å². The Bertz CT molecular complexity index is 437. The molecular weight excluding hydrogens is 174 g/mol. The lowest BCUT2D eigenvalue weighted by atomic mass is 10.3. The fraction of sp³-hybridized carbons (Fsp3) is 0.143. The number of thiophene rings is 1. The minimum Gasteiger partial charge on any atom is -0.479 e. The van der Waals surface area contributed by atoms with Gasteiger partial charge in [-0.1, -0.05) is 0 Å². The van der Waals surface area contributed by atoms with Crippen molar-refractivity contribution in [3.05, 3.63) is 10.9 Å². The summed E-state index contributed by atoms with van der Waals surface area (Å²) in [5, 5.41) is 9.84. The van der Waals surface area contributed by atoms with Crippen molar-refractivity contribution in [2.45, 2.75) is 6.92 Å². The number of rotatable bonds is 0.